The van der Waals surface area contributed by atoms with Crippen molar-refractivity contribution in [2.45, 2.75) is 52.5 Å². The van der Waals surface area contributed by atoms with Crippen molar-refractivity contribution in [2.24, 2.45) is 0 Å². The molecule has 2 heterocycles. The minimum atomic E-state index is 0.178. The number of aromatic nitrogens is 1. The molecule has 6 heteroatoms. The molecule has 6 nitrogen and oxygen atoms in total. The van der Waals surface area contributed by atoms with Gasteiger partial charge in [-0.2, -0.15) is 0 Å². The van der Waals surface area contributed by atoms with Gasteiger partial charge in [0, 0.05) is 70.2 Å². The largest absolute Gasteiger partial charge is 0.343 e. The summed E-state index contributed by atoms with van der Waals surface area (Å²) in [7, 11) is 0. The van der Waals surface area contributed by atoms with Crippen molar-refractivity contribution in [3.63, 3.8) is 0 Å². The highest BCUT2D eigenvalue weighted by molar-refractivity contribution is 5.81. The molecule has 31 heavy (non-hydrogen) atoms. The standard InChI is InChI=1S/C25H36N4O2/c1-3-14-28(15-4-2)23(30)11-6-12-24(31)29-18-16-27(17-19-29)20-22-9-5-8-21-10-7-13-26-25(21)22/h5,7-10,13H,3-4,6,11-12,14-20H2,1-2H3. The third-order valence-corrected chi connectivity index (χ3v) is 5.96. The molecule has 0 saturated carbocycles. The average molecular weight is 425 g/mol. The molecule has 1 fully saturated rings. The van der Waals surface area contributed by atoms with Crippen LogP contribution in [0.1, 0.15) is 51.5 Å². The summed E-state index contributed by atoms with van der Waals surface area (Å²) in [6, 6.07) is 10.4. The van der Waals surface area contributed by atoms with Gasteiger partial charge >= 0.3 is 0 Å². The number of piperazine rings is 1. The Kier molecular flexibility index (Phi) is 8.83. The number of nitrogens with zero attached hydrogens (tertiary/aromatic N) is 4. The van der Waals surface area contributed by atoms with Crippen LogP contribution in [-0.4, -0.2) is 70.8 Å². The van der Waals surface area contributed by atoms with E-state index in [0.717, 1.165) is 64.2 Å². The molecule has 1 aromatic heterocycles. The summed E-state index contributed by atoms with van der Waals surface area (Å²) in [5.41, 5.74) is 2.30. The Morgan fingerprint density at radius 2 is 1.68 bits per heavy atom. The number of carbonyl (C=O) groups is 2. The van der Waals surface area contributed by atoms with E-state index in [9.17, 15) is 9.59 Å². The second kappa shape index (κ2) is 11.8. The molecule has 0 radical (unpaired) electrons. The van der Waals surface area contributed by atoms with Crippen LogP contribution in [0.3, 0.4) is 0 Å². The maximum absolute atomic E-state index is 12.6. The Hall–Kier alpha value is -2.47. The maximum atomic E-state index is 12.6. The monoisotopic (exact) mass is 424 g/mol. The van der Waals surface area contributed by atoms with E-state index in [-0.39, 0.29) is 11.8 Å². The molecule has 0 unspecified atom stereocenters. The van der Waals surface area contributed by atoms with Gasteiger partial charge in [0.05, 0.1) is 5.52 Å². The molecular formula is C25H36N4O2. The van der Waals surface area contributed by atoms with Crippen LogP contribution in [0.25, 0.3) is 10.9 Å². The third kappa shape index (κ3) is 6.50. The second-order valence-corrected chi connectivity index (χ2v) is 8.38. The van der Waals surface area contributed by atoms with Crippen LogP contribution in [0.15, 0.2) is 36.5 Å². The lowest BCUT2D eigenvalue weighted by Gasteiger charge is -2.35. The van der Waals surface area contributed by atoms with E-state index >= 15 is 0 Å². The Morgan fingerprint density at radius 1 is 0.968 bits per heavy atom. The average Bonchev–Trinajstić information content (AvgIpc) is 2.79. The summed E-state index contributed by atoms with van der Waals surface area (Å²) in [5.74, 6) is 0.363. The van der Waals surface area contributed by atoms with Gasteiger partial charge < -0.3 is 9.80 Å². The first kappa shape index (κ1) is 23.2. The number of fused-ring (bicyclic) bond motifs is 1. The lowest BCUT2D eigenvalue weighted by atomic mass is 10.1. The highest BCUT2D eigenvalue weighted by atomic mass is 16.2. The van der Waals surface area contributed by atoms with Crippen molar-refractivity contribution >= 4 is 22.7 Å². The Bertz CT molecular complexity index is 850. The van der Waals surface area contributed by atoms with Gasteiger partial charge in [-0.25, -0.2) is 0 Å². The number of hydrogen-bond acceptors (Lipinski definition) is 4. The molecule has 0 atom stereocenters. The highest BCUT2D eigenvalue weighted by Crippen LogP contribution is 2.18. The molecule has 0 N–H and O–H groups in total. The summed E-state index contributed by atoms with van der Waals surface area (Å²) in [5, 5.41) is 1.17. The number of pyridine rings is 1. The Balaban J connectivity index is 1.42. The molecule has 1 aliphatic rings. The zero-order valence-corrected chi connectivity index (χ0v) is 19.1. The number of carbonyl (C=O) groups excluding carboxylic acids is 2. The van der Waals surface area contributed by atoms with E-state index < -0.39 is 0 Å². The predicted octanol–water partition coefficient (Wildman–Crippen LogP) is 3.70. The van der Waals surface area contributed by atoms with E-state index in [2.05, 4.69) is 48.0 Å². The summed E-state index contributed by atoms with van der Waals surface area (Å²) < 4.78 is 0. The van der Waals surface area contributed by atoms with E-state index in [1.165, 1.54) is 10.9 Å². The molecule has 1 aliphatic heterocycles. The van der Waals surface area contributed by atoms with Gasteiger partial charge in [-0.05, 0) is 30.9 Å². The fourth-order valence-electron chi connectivity index (χ4n) is 4.30. The molecule has 168 valence electrons. The first-order chi connectivity index (χ1) is 15.1. The normalized spacial score (nSPS) is 14.7. The van der Waals surface area contributed by atoms with Gasteiger partial charge in [0.25, 0.3) is 0 Å². The van der Waals surface area contributed by atoms with E-state index in [1.54, 1.807) is 0 Å². The van der Waals surface area contributed by atoms with Crippen LogP contribution in [0, 0.1) is 0 Å². The van der Waals surface area contributed by atoms with Crippen LogP contribution in [0.4, 0.5) is 0 Å². The van der Waals surface area contributed by atoms with Crippen molar-refractivity contribution in [3.05, 3.63) is 42.1 Å². The summed E-state index contributed by atoms with van der Waals surface area (Å²) in [6.45, 7) is 9.92. The van der Waals surface area contributed by atoms with E-state index in [0.29, 0.717) is 19.3 Å². The van der Waals surface area contributed by atoms with Gasteiger partial charge in [0.2, 0.25) is 11.8 Å². The van der Waals surface area contributed by atoms with Crippen molar-refractivity contribution in [1.29, 1.82) is 0 Å². The van der Waals surface area contributed by atoms with Crippen LogP contribution < -0.4 is 0 Å². The van der Waals surface area contributed by atoms with Gasteiger partial charge in [0.1, 0.15) is 0 Å². The van der Waals surface area contributed by atoms with Crippen LogP contribution in [0.2, 0.25) is 0 Å². The zero-order chi connectivity index (χ0) is 22.1. The van der Waals surface area contributed by atoms with Gasteiger partial charge in [-0.1, -0.05) is 38.1 Å². The fourth-order valence-corrected chi connectivity index (χ4v) is 4.30. The molecular weight excluding hydrogens is 388 g/mol. The number of para-hydroxylation sites is 1. The second-order valence-electron chi connectivity index (χ2n) is 8.38. The molecule has 1 aromatic carbocycles. The van der Waals surface area contributed by atoms with E-state index in [4.69, 9.17) is 0 Å². The molecule has 0 bridgehead atoms. The quantitative estimate of drug-likeness (QED) is 0.584. The minimum absolute atomic E-state index is 0.178. The number of benzene rings is 1. The number of amides is 2. The van der Waals surface area contributed by atoms with Crippen molar-refractivity contribution < 1.29 is 9.59 Å². The molecule has 2 amide bonds. The summed E-state index contributed by atoms with van der Waals surface area (Å²) in [4.78, 5) is 35.8. The van der Waals surface area contributed by atoms with Crippen molar-refractivity contribution in [2.75, 3.05) is 39.3 Å². The minimum Gasteiger partial charge on any atom is -0.343 e. The third-order valence-electron chi connectivity index (χ3n) is 5.96. The Morgan fingerprint density at radius 3 is 2.39 bits per heavy atom. The van der Waals surface area contributed by atoms with Gasteiger partial charge in [-0.3, -0.25) is 19.5 Å². The number of hydrogen-bond donors (Lipinski definition) is 0. The topological polar surface area (TPSA) is 56.8 Å². The fraction of sp³-hybridized carbons (Fsp3) is 0.560. The Labute approximate surface area is 186 Å². The first-order valence-corrected chi connectivity index (χ1v) is 11.7. The molecule has 2 aromatic rings. The molecule has 0 aliphatic carbocycles. The number of rotatable bonds is 10. The molecule has 3 rings (SSSR count). The van der Waals surface area contributed by atoms with Crippen molar-refractivity contribution in [1.82, 2.24) is 19.7 Å². The highest BCUT2D eigenvalue weighted by Gasteiger charge is 2.22. The lowest BCUT2D eigenvalue weighted by Crippen LogP contribution is -2.48. The maximum Gasteiger partial charge on any atom is 0.222 e. The molecule has 0 spiro atoms. The van der Waals surface area contributed by atoms with Crippen LogP contribution in [0.5, 0.6) is 0 Å². The predicted molar refractivity (Wildman–Crippen MR) is 125 cm³/mol. The summed E-state index contributed by atoms with van der Waals surface area (Å²) in [6.07, 6.45) is 5.37. The van der Waals surface area contributed by atoms with E-state index in [1.807, 2.05) is 22.1 Å². The lowest BCUT2D eigenvalue weighted by molar-refractivity contribution is -0.134. The first-order valence-electron chi connectivity index (χ1n) is 11.7. The van der Waals surface area contributed by atoms with Crippen LogP contribution >= 0.6 is 0 Å². The summed E-state index contributed by atoms with van der Waals surface area (Å²) >= 11 is 0. The zero-order valence-electron chi connectivity index (χ0n) is 19.1. The van der Waals surface area contributed by atoms with Gasteiger partial charge in [0.15, 0.2) is 0 Å². The van der Waals surface area contributed by atoms with Gasteiger partial charge in [-0.15, -0.1) is 0 Å². The van der Waals surface area contributed by atoms with Crippen LogP contribution in [-0.2, 0) is 16.1 Å². The molecule has 1 saturated heterocycles. The van der Waals surface area contributed by atoms with Crippen molar-refractivity contribution in [3.8, 4) is 0 Å². The smallest absolute Gasteiger partial charge is 0.222 e. The SMILES string of the molecule is CCCN(CCC)C(=O)CCCC(=O)N1CCN(Cc2cccc3cccnc23)CC1.